The highest BCUT2D eigenvalue weighted by Gasteiger charge is 2.21. The van der Waals surface area contributed by atoms with Crippen LogP contribution in [0, 0.1) is 5.92 Å². The maximum atomic E-state index is 5.56. The summed E-state index contributed by atoms with van der Waals surface area (Å²) < 4.78 is 5.56. The third-order valence-electron chi connectivity index (χ3n) is 3.23. The third kappa shape index (κ3) is 6.16. The highest BCUT2D eigenvalue weighted by Crippen LogP contribution is 2.18. The molecule has 2 heteroatoms. The van der Waals surface area contributed by atoms with Crippen LogP contribution in [0.4, 0.5) is 0 Å². The summed E-state index contributed by atoms with van der Waals surface area (Å²) in [5.74, 6) is 0.637. The van der Waals surface area contributed by atoms with E-state index in [1.807, 2.05) is 0 Å². The third-order valence-corrected chi connectivity index (χ3v) is 3.23. The van der Waals surface area contributed by atoms with E-state index in [0.29, 0.717) is 11.5 Å². The SMILES string of the molecule is CCC(CC)(CC)NCCOCC(C)C. The zero-order valence-corrected chi connectivity index (χ0v) is 11.2. The van der Waals surface area contributed by atoms with Crippen LogP contribution in [0.3, 0.4) is 0 Å². The molecule has 0 aliphatic carbocycles. The summed E-state index contributed by atoms with van der Waals surface area (Å²) in [6.45, 7) is 13.8. The second-order valence-electron chi connectivity index (χ2n) is 4.74. The predicted octanol–water partition coefficient (Wildman–Crippen LogP) is 3.22. The lowest BCUT2D eigenvalue weighted by Gasteiger charge is -2.32. The predicted molar refractivity (Wildman–Crippen MR) is 67.3 cm³/mol. The Kier molecular flexibility index (Phi) is 8.07. The van der Waals surface area contributed by atoms with Crippen molar-refractivity contribution in [3.05, 3.63) is 0 Å². The fourth-order valence-corrected chi connectivity index (χ4v) is 1.83. The van der Waals surface area contributed by atoms with Crippen LogP contribution in [0.1, 0.15) is 53.9 Å². The quantitative estimate of drug-likeness (QED) is 0.596. The van der Waals surface area contributed by atoms with Gasteiger partial charge in [-0.1, -0.05) is 34.6 Å². The van der Waals surface area contributed by atoms with Gasteiger partial charge in [0, 0.05) is 18.7 Å². The smallest absolute Gasteiger partial charge is 0.0591 e. The van der Waals surface area contributed by atoms with Crippen LogP contribution in [-0.2, 0) is 4.74 Å². The molecule has 0 spiro atoms. The van der Waals surface area contributed by atoms with Gasteiger partial charge in [0.2, 0.25) is 0 Å². The molecule has 0 radical (unpaired) electrons. The van der Waals surface area contributed by atoms with Crippen LogP contribution in [-0.4, -0.2) is 25.3 Å². The lowest BCUT2D eigenvalue weighted by atomic mass is 9.90. The molecular weight excluding hydrogens is 186 g/mol. The van der Waals surface area contributed by atoms with Gasteiger partial charge in [-0.3, -0.25) is 0 Å². The number of nitrogens with one attached hydrogen (secondary N) is 1. The van der Waals surface area contributed by atoms with Crippen molar-refractivity contribution in [2.24, 2.45) is 5.92 Å². The van der Waals surface area contributed by atoms with Gasteiger partial charge in [0.15, 0.2) is 0 Å². The highest BCUT2D eigenvalue weighted by atomic mass is 16.5. The van der Waals surface area contributed by atoms with Gasteiger partial charge in [-0.15, -0.1) is 0 Å². The van der Waals surface area contributed by atoms with E-state index < -0.39 is 0 Å². The number of hydrogen-bond acceptors (Lipinski definition) is 2. The van der Waals surface area contributed by atoms with Gasteiger partial charge < -0.3 is 10.1 Å². The highest BCUT2D eigenvalue weighted by molar-refractivity contribution is 4.83. The molecule has 0 bridgehead atoms. The van der Waals surface area contributed by atoms with Gasteiger partial charge in [0.1, 0.15) is 0 Å². The summed E-state index contributed by atoms with van der Waals surface area (Å²) in [5.41, 5.74) is 0.335. The molecule has 0 rings (SSSR count). The average molecular weight is 215 g/mol. The molecule has 1 N–H and O–H groups in total. The lowest BCUT2D eigenvalue weighted by Crippen LogP contribution is -2.45. The van der Waals surface area contributed by atoms with E-state index in [9.17, 15) is 0 Å². The van der Waals surface area contributed by atoms with Gasteiger partial charge in [-0.05, 0) is 25.2 Å². The second kappa shape index (κ2) is 8.12. The zero-order valence-electron chi connectivity index (χ0n) is 11.2. The Balaban J connectivity index is 3.63. The summed E-state index contributed by atoms with van der Waals surface area (Å²) >= 11 is 0. The molecule has 0 saturated heterocycles. The Morgan fingerprint density at radius 1 is 1.07 bits per heavy atom. The van der Waals surface area contributed by atoms with Crippen molar-refractivity contribution in [3.63, 3.8) is 0 Å². The Morgan fingerprint density at radius 2 is 1.60 bits per heavy atom. The number of rotatable bonds is 9. The molecule has 0 aromatic carbocycles. The minimum Gasteiger partial charge on any atom is -0.380 e. The van der Waals surface area contributed by atoms with Crippen molar-refractivity contribution in [2.75, 3.05) is 19.8 Å². The molecule has 15 heavy (non-hydrogen) atoms. The molecule has 0 atom stereocenters. The Bertz CT molecular complexity index is 133. The molecule has 0 aliphatic heterocycles. The van der Waals surface area contributed by atoms with Crippen LogP contribution >= 0.6 is 0 Å². The molecule has 0 aromatic rings. The van der Waals surface area contributed by atoms with Gasteiger partial charge >= 0.3 is 0 Å². The van der Waals surface area contributed by atoms with E-state index in [-0.39, 0.29) is 0 Å². The van der Waals surface area contributed by atoms with Crippen LogP contribution in [0.25, 0.3) is 0 Å². The summed E-state index contributed by atoms with van der Waals surface area (Å²) in [7, 11) is 0. The standard InChI is InChI=1S/C13H29NO/c1-6-13(7-2,8-3)14-9-10-15-11-12(4)5/h12,14H,6-11H2,1-5H3. The Morgan fingerprint density at radius 3 is 2.00 bits per heavy atom. The van der Waals surface area contributed by atoms with E-state index >= 15 is 0 Å². The van der Waals surface area contributed by atoms with Crippen LogP contribution in [0.5, 0.6) is 0 Å². The normalized spacial score (nSPS) is 12.4. The Hall–Kier alpha value is -0.0800. The average Bonchev–Trinajstić information content (AvgIpc) is 2.24. The van der Waals surface area contributed by atoms with E-state index in [4.69, 9.17) is 4.74 Å². The van der Waals surface area contributed by atoms with Crippen LogP contribution in [0.15, 0.2) is 0 Å². The van der Waals surface area contributed by atoms with Crippen molar-refractivity contribution in [2.45, 2.75) is 59.4 Å². The minimum absolute atomic E-state index is 0.335. The molecule has 0 heterocycles. The van der Waals surface area contributed by atoms with Crippen molar-refractivity contribution in [3.8, 4) is 0 Å². The van der Waals surface area contributed by atoms with Gasteiger partial charge in [-0.25, -0.2) is 0 Å². The zero-order chi connectivity index (χ0) is 11.7. The molecule has 0 amide bonds. The Labute approximate surface area is 95.8 Å². The molecule has 0 unspecified atom stereocenters. The molecule has 0 aromatic heterocycles. The number of ether oxygens (including phenoxy) is 1. The first-order chi connectivity index (χ1) is 7.10. The van der Waals surface area contributed by atoms with Crippen molar-refractivity contribution in [1.82, 2.24) is 5.32 Å². The molecule has 0 fully saturated rings. The van der Waals surface area contributed by atoms with Crippen LogP contribution < -0.4 is 5.32 Å². The molecule has 2 nitrogen and oxygen atoms in total. The lowest BCUT2D eigenvalue weighted by molar-refractivity contribution is 0.104. The topological polar surface area (TPSA) is 21.3 Å². The summed E-state index contributed by atoms with van der Waals surface area (Å²) in [6, 6.07) is 0. The minimum atomic E-state index is 0.335. The molecule has 0 saturated carbocycles. The summed E-state index contributed by atoms with van der Waals surface area (Å²) in [5, 5.41) is 3.63. The maximum Gasteiger partial charge on any atom is 0.0591 e. The van der Waals surface area contributed by atoms with E-state index in [1.54, 1.807) is 0 Å². The van der Waals surface area contributed by atoms with Crippen molar-refractivity contribution < 1.29 is 4.74 Å². The molecular formula is C13H29NO. The first-order valence-electron chi connectivity index (χ1n) is 6.43. The maximum absolute atomic E-state index is 5.56. The fraction of sp³-hybridized carbons (Fsp3) is 1.00. The number of hydrogen-bond donors (Lipinski definition) is 1. The van der Waals surface area contributed by atoms with E-state index in [1.165, 1.54) is 19.3 Å². The fourth-order valence-electron chi connectivity index (χ4n) is 1.83. The van der Waals surface area contributed by atoms with Crippen molar-refractivity contribution >= 4 is 0 Å². The largest absolute Gasteiger partial charge is 0.380 e. The summed E-state index contributed by atoms with van der Waals surface area (Å²) in [6.07, 6.45) is 3.60. The summed E-state index contributed by atoms with van der Waals surface area (Å²) in [4.78, 5) is 0. The second-order valence-corrected chi connectivity index (χ2v) is 4.74. The van der Waals surface area contributed by atoms with E-state index in [2.05, 4.69) is 39.9 Å². The first kappa shape index (κ1) is 14.9. The first-order valence-corrected chi connectivity index (χ1v) is 6.43. The monoisotopic (exact) mass is 215 g/mol. The van der Waals surface area contributed by atoms with Crippen molar-refractivity contribution in [1.29, 1.82) is 0 Å². The van der Waals surface area contributed by atoms with Gasteiger partial charge in [-0.2, -0.15) is 0 Å². The van der Waals surface area contributed by atoms with E-state index in [0.717, 1.165) is 19.8 Å². The van der Waals surface area contributed by atoms with Crippen LogP contribution in [0.2, 0.25) is 0 Å². The van der Waals surface area contributed by atoms with Gasteiger partial charge in [0.25, 0.3) is 0 Å². The molecule has 0 aliphatic rings. The molecule has 92 valence electrons. The van der Waals surface area contributed by atoms with Gasteiger partial charge in [0.05, 0.1) is 6.61 Å².